The molecule has 2 rings (SSSR count). The fraction of sp³-hybridized carbons (Fsp3) is 0.462. The lowest BCUT2D eigenvalue weighted by molar-refractivity contribution is -0.117. The summed E-state index contributed by atoms with van der Waals surface area (Å²) < 4.78 is 0. The fourth-order valence-electron chi connectivity index (χ4n) is 2.29. The molecule has 1 amide bonds. The predicted octanol–water partition coefficient (Wildman–Crippen LogP) is 1.70. The Kier molecular flexibility index (Phi) is 2.97. The van der Waals surface area contributed by atoms with Crippen LogP contribution in [0.4, 0.5) is 5.69 Å². The molecule has 1 aliphatic rings. The number of amides is 1. The van der Waals surface area contributed by atoms with E-state index in [2.05, 4.69) is 13.0 Å². The number of hydrogen-bond donors (Lipinski definition) is 1. The molecule has 3 nitrogen and oxygen atoms in total. The zero-order chi connectivity index (χ0) is 11.7. The summed E-state index contributed by atoms with van der Waals surface area (Å²) in [4.78, 5) is 13.8. The average Bonchev–Trinajstić information content (AvgIpc) is 2.53. The highest BCUT2D eigenvalue weighted by Crippen LogP contribution is 2.29. The van der Waals surface area contributed by atoms with E-state index in [-0.39, 0.29) is 18.0 Å². The van der Waals surface area contributed by atoms with E-state index < -0.39 is 0 Å². The number of aryl methyl sites for hydroxylation is 1. The molecule has 0 bridgehead atoms. The van der Waals surface area contributed by atoms with Crippen molar-refractivity contribution in [1.82, 2.24) is 0 Å². The van der Waals surface area contributed by atoms with Crippen molar-refractivity contribution in [1.29, 1.82) is 0 Å². The number of anilines is 1. The summed E-state index contributed by atoms with van der Waals surface area (Å²) in [5.74, 6) is 0.140. The van der Waals surface area contributed by atoms with E-state index in [1.54, 1.807) is 0 Å². The molecule has 16 heavy (non-hydrogen) atoms. The largest absolute Gasteiger partial charge is 0.325 e. The topological polar surface area (TPSA) is 46.3 Å². The van der Waals surface area contributed by atoms with Crippen molar-refractivity contribution in [2.24, 2.45) is 5.73 Å². The molecule has 0 spiro atoms. The molecule has 0 saturated carbocycles. The van der Waals surface area contributed by atoms with Crippen molar-refractivity contribution in [2.45, 2.75) is 38.8 Å². The van der Waals surface area contributed by atoms with Gasteiger partial charge in [-0.1, -0.05) is 25.1 Å². The van der Waals surface area contributed by atoms with Gasteiger partial charge in [0.1, 0.15) is 0 Å². The summed E-state index contributed by atoms with van der Waals surface area (Å²) in [6.45, 7) is 4.12. The first-order valence-electron chi connectivity index (χ1n) is 5.80. The number of nitrogens with two attached hydrogens (primary N) is 1. The number of para-hydroxylation sites is 1. The van der Waals surface area contributed by atoms with Gasteiger partial charge in [-0.2, -0.15) is 0 Å². The Morgan fingerprint density at radius 1 is 1.44 bits per heavy atom. The van der Waals surface area contributed by atoms with Crippen LogP contribution in [0.3, 0.4) is 0 Å². The van der Waals surface area contributed by atoms with Gasteiger partial charge in [0.2, 0.25) is 5.91 Å². The smallest absolute Gasteiger partial charge is 0.228 e. The SMILES string of the molecule is CCc1ccccc1N1C(=O)CC(N)C1C. The Hall–Kier alpha value is -1.35. The third-order valence-electron chi connectivity index (χ3n) is 3.34. The van der Waals surface area contributed by atoms with Gasteiger partial charge in [0.05, 0.1) is 0 Å². The number of benzene rings is 1. The molecule has 1 fully saturated rings. The molecule has 1 aromatic carbocycles. The molecule has 0 aromatic heterocycles. The van der Waals surface area contributed by atoms with E-state index in [0.29, 0.717) is 6.42 Å². The molecule has 1 aromatic rings. The standard InChI is InChI=1S/C13H18N2O/c1-3-10-6-4-5-7-12(10)15-9(2)11(14)8-13(15)16/h4-7,9,11H,3,8,14H2,1-2H3. The van der Waals surface area contributed by atoms with Gasteiger partial charge >= 0.3 is 0 Å². The average molecular weight is 218 g/mol. The van der Waals surface area contributed by atoms with Gasteiger partial charge in [-0.25, -0.2) is 0 Å². The Morgan fingerprint density at radius 2 is 2.12 bits per heavy atom. The summed E-state index contributed by atoms with van der Waals surface area (Å²) >= 11 is 0. The molecule has 86 valence electrons. The predicted molar refractivity (Wildman–Crippen MR) is 65.4 cm³/mol. The number of nitrogens with zero attached hydrogens (tertiary/aromatic N) is 1. The highest BCUT2D eigenvalue weighted by molar-refractivity contribution is 5.97. The van der Waals surface area contributed by atoms with Crippen molar-refractivity contribution in [3.05, 3.63) is 29.8 Å². The number of rotatable bonds is 2. The van der Waals surface area contributed by atoms with E-state index in [9.17, 15) is 4.79 Å². The highest BCUT2D eigenvalue weighted by atomic mass is 16.2. The lowest BCUT2D eigenvalue weighted by atomic mass is 10.1. The van der Waals surface area contributed by atoms with Gasteiger partial charge in [0.15, 0.2) is 0 Å². The van der Waals surface area contributed by atoms with Crippen LogP contribution in [0.2, 0.25) is 0 Å². The number of hydrogen-bond acceptors (Lipinski definition) is 2. The molecule has 1 saturated heterocycles. The zero-order valence-electron chi connectivity index (χ0n) is 9.81. The van der Waals surface area contributed by atoms with E-state index in [0.717, 1.165) is 12.1 Å². The van der Waals surface area contributed by atoms with Crippen molar-refractivity contribution < 1.29 is 4.79 Å². The van der Waals surface area contributed by atoms with Gasteiger partial charge in [-0.3, -0.25) is 4.79 Å². The molecule has 2 atom stereocenters. The fourth-order valence-corrected chi connectivity index (χ4v) is 2.29. The van der Waals surface area contributed by atoms with Crippen LogP contribution in [-0.4, -0.2) is 18.0 Å². The van der Waals surface area contributed by atoms with E-state index in [4.69, 9.17) is 5.73 Å². The first-order chi connectivity index (χ1) is 7.65. The highest BCUT2D eigenvalue weighted by Gasteiger charge is 2.35. The van der Waals surface area contributed by atoms with Crippen LogP contribution < -0.4 is 10.6 Å². The third kappa shape index (κ3) is 1.71. The Labute approximate surface area is 96.2 Å². The molecule has 0 radical (unpaired) electrons. The minimum atomic E-state index is -0.0441. The lowest BCUT2D eigenvalue weighted by Gasteiger charge is -2.25. The number of carbonyl (C=O) groups excluding carboxylic acids is 1. The van der Waals surface area contributed by atoms with Crippen molar-refractivity contribution in [3.63, 3.8) is 0 Å². The van der Waals surface area contributed by atoms with Crippen molar-refractivity contribution in [2.75, 3.05) is 4.90 Å². The number of carbonyl (C=O) groups is 1. The van der Waals surface area contributed by atoms with Gasteiger partial charge in [0, 0.05) is 24.2 Å². The second-order valence-electron chi connectivity index (χ2n) is 4.35. The minimum Gasteiger partial charge on any atom is -0.325 e. The maximum absolute atomic E-state index is 11.9. The lowest BCUT2D eigenvalue weighted by Crippen LogP contribution is -2.38. The molecule has 2 unspecified atom stereocenters. The summed E-state index contributed by atoms with van der Waals surface area (Å²) in [5.41, 5.74) is 8.15. The molecule has 0 aliphatic carbocycles. The van der Waals surface area contributed by atoms with Crippen LogP contribution in [0, 0.1) is 0 Å². The first-order valence-corrected chi connectivity index (χ1v) is 5.80. The second kappa shape index (κ2) is 4.26. The van der Waals surface area contributed by atoms with E-state index in [1.807, 2.05) is 30.0 Å². The summed E-state index contributed by atoms with van der Waals surface area (Å²) in [6, 6.07) is 8.11. The van der Waals surface area contributed by atoms with Crippen LogP contribution >= 0.6 is 0 Å². The second-order valence-corrected chi connectivity index (χ2v) is 4.35. The maximum atomic E-state index is 11.9. The molecule has 1 aliphatic heterocycles. The zero-order valence-corrected chi connectivity index (χ0v) is 9.81. The summed E-state index contributed by atoms with van der Waals surface area (Å²) in [6.07, 6.45) is 1.39. The molecule has 3 heteroatoms. The summed E-state index contributed by atoms with van der Waals surface area (Å²) in [5, 5.41) is 0. The van der Waals surface area contributed by atoms with Gasteiger partial charge in [-0.05, 0) is 25.0 Å². The first kappa shape index (κ1) is 11.1. The van der Waals surface area contributed by atoms with E-state index >= 15 is 0 Å². The Balaban J connectivity index is 2.40. The maximum Gasteiger partial charge on any atom is 0.228 e. The molecule has 1 heterocycles. The van der Waals surface area contributed by atoms with Crippen LogP contribution in [0.1, 0.15) is 25.8 Å². The van der Waals surface area contributed by atoms with Crippen LogP contribution in [-0.2, 0) is 11.2 Å². The third-order valence-corrected chi connectivity index (χ3v) is 3.34. The quantitative estimate of drug-likeness (QED) is 0.821. The van der Waals surface area contributed by atoms with Gasteiger partial charge in [-0.15, -0.1) is 0 Å². The van der Waals surface area contributed by atoms with Crippen LogP contribution in [0.15, 0.2) is 24.3 Å². The Morgan fingerprint density at radius 3 is 2.69 bits per heavy atom. The van der Waals surface area contributed by atoms with Gasteiger partial charge in [0.25, 0.3) is 0 Å². The van der Waals surface area contributed by atoms with Gasteiger partial charge < -0.3 is 10.6 Å². The normalized spacial score (nSPS) is 25.2. The van der Waals surface area contributed by atoms with Crippen molar-refractivity contribution in [3.8, 4) is 0 Å². The van der Waals surface area contributed by atoms with Crippen LogP contribution in [0.25, 0.3) is 0 Å². The summed E-state index contributed by atoms with van der Waals surface area (Å²) in [7, 11) is 0. The molecule has 2 N–H and O–H groups in total. The Bertz CT molecular complexity index is 403. The van der Waals surface area contributed by atoms with Crippen molar-refractivity contribution >= 4 is 11.6 Å². The monoisotopic (exact) mass is 218 g/mol. The van der Waals surface area contributed by atoms with Crippen LogP contribution in [0.5, 0.6) is 0 Å². The minimum absolute atomic E-state index is 0.0441. The molecular weight excluding hydrogens is 200 g/mol. The molecular formula is C13H18N2O. The van der Waals surface area contributed by atoms with E-state index in [1.165, 1.54) is 5.56 Å².